The second-order valence-electron chi connectivity index (χ2n) is 13.9. The van der Waals surface area contributed by atoms with Crippen molar-refractivity contribution in [1.29, 1.82) is 0 Å². The van der Waals surface area contributed by atoms with E-state index in [9.17, 15) is 49.3 Å². The van der Waals surface area contributed by atoms with Gasteiger partial charge in [-0.1, -0.05) is 41.2 Å². The van der Waals surface area contributed by atoms with Crippen LogP contribution in [0.4, 0.5) is 0 Å². The summed E-state index contributed by atoms with van der Waals surface area (Å²) in [4.78, 5) is 81.6. The number of thioether (sulfide) groups is 2. The Labute approximate surface area is 356 Å². The lowest BCUT2D eigenvalue weighted by atomic mass is 10.0. The first-order valence-corrected chi connectivity index (χ1v) is 20.4. The SMILES string of the molecule is CC(C)(O/N=C(\C(=O)N[C@@H]1C(=O)N2C(C(=O)O)=C(/C=C/C[N+]3=C/C(NCCCCNC(=O)c4cc(=O)c(O)cn4O)=C(N)\C=C\C=C3)CSC12)C1=CSC(N)=CC=C1)C(=O)O. The third-order valence-electron chi connectivity index (χ3n) is 9.07. The first-order chi connectivity index (χ1) is 29.0. The van der Waals surface area contributed by atoms with Crippen molar-refractivity contribution >= 4 is 65.1 Å². The van der Waals surface area contributed by atoms with Gasteiger partial charge in [0, 0.05) is 36.6 Å². The number of carboxylic acid groups (broad SMARTS) is 2. The topological polar surface area (TPSA) is 304 Å². The zero-order valence-corrected chi connectivity index (χ0v) is 34.4. The van der Waals surface area contributed by atoms with E-state index in [4.69, 9.17) is 16.3 Å². The van der Waals surface area contributed by atoms with Crippen LogP contribution in [0.25, 0.3) is 0 Å². The number of oxime groups is 1. The monoisotopic (exact) mass is 878 g/mol. The molecule has 322 valence electrons. The van der Waals surface area contributed by atoms with E-state index in [-0.39, 0.29) is 41.5 Å². The number of pyridine rings is 1. The molecular weight excluding hydrogens is 835 g/mol. The second kappa shape index (κ2) is 19.9. The zero-order valence-electron chi connectivity index (χ0n) is 32.8. The van der Waals surface area contributed by atoms with E-state index in [1.807, 2.05) is 4.58 Å². The minimum Gasteiger partial charge on any atom is -0.503 e. The number of amides is 3. The maximum atomic E-state index is 13.6. The van der Waals surface area contributed by atoms with E-state index in [0.29, 0.717) is 46.1 Å². The standard InChI is InChI=1S/C39H43N9O11S2/c1-39(2,38(56)57)59-45-30(22-9-7-12-29(41)60-20-22)34(52)44-31-35(53)48-32(37(54)55)23(21-61-36(31)48)10-8-16-46-15-6-3-11-24(40)25(18-46)42-13-4-5-14-43-33(51)26-17-27(49)28(50)19-47(26)58/h3,6-12,15,17-20,31,36,40,42,58H,4-5,13-14,16,21,41H2,1-2H3,(H5,43,44,50,51,52,54,55,56,57)/p+1/b10-8+,11-3+,15-6?,25-18?,45-30-/t31-,36?/m1/s1. The van der Waals surface area contributed by atoms with Gasteiger partial charge in [0.1, 0.15) is 28.5 Å². The van der Waals surface area contributed by atoms with Crippen molar-refractivity contribution in [2.45, 2.75) is 43.7 Å². The summed E-state index contributed by atoms with van der Waals surface area (Å²) in [5.41, 5.74) is 10.4. The van der Waals surface area contributed by atoms with Crippen molar-refractivity contribution in [3.8, 4) is 5.75 Å². The number of β-lactam (4-membered cyclic amide) rings is 1. The molecule has 0 spiro atoms. The molecule has 0 aliphatic carbocycles. The van der Waals surface area contributed by atoms with Crippen LogP contribution in [0.2, 0.25) is 0 Å². The molecular formula is C39H44N9O11S2+. The van der Waals surface area contributed by atoms with Crippen molar-refractivity contribution in [2.24, 2.45) is 16.6 Å². The maximum absolute atomic E-state index is 13.6. The molecule has 3 amide bonds. The van der Waals surface area contributed by atoms with Crippen LogP contribution in [0.3, 0.4) is 0 Å². The summed E-state index contributed by atoms with van der Waals surface area (Å²) in [7, 11) is 0. The second-order valence-corrected chi connectivity index (χ2v) is 16.0. The fourth-order valence-electron chi connectivity index (χ4n) is 5.72. The van der Waals surface area contributed by atoms with E-state index in [1.165, 1.54) is 37.1 Å². The van der Waals surface area contributed by atoms with Crippen LogP contribution in [0.5, 0.6) is 5.75 Å². The Morgan fingerprint density at radius 2 is 1.85 bits per heavy atom. The molecule has 20 nitrogen and oxygen atoms in total. The predicted octanol–water partition coefficient (Wildman–Crippen LogP) is 0.746. The molecule has 11 N–H and O–H groups in total. The third-order valence-corrected chi connectivity index (χ3v) is 11.2. The van der Waals surface area contributed by atoms with Crippen molar-refractivity contribution in [2.75, 3.05) is 25.4 Å². The number of aromatic nitrogens is 1. The molecule has 4 aliphatic rings. The molecule has 0 aromatic carbocycles. The Morgan fingerprint density at radius 1 is 1.10 bits per heavy atom. The van der Waals surface area contributed by atoms with Crippen molar-refractivity contribution in [3.63, 3.8) is 0 Å². The number of nitrogens with one attached hydrogen (secondary N) is 3. The fraction of sp³-hybridized carbons (Fsp3) is 0.282. The highest BCUT2D eigenvalue weighted by atomic mass is 32.2. The lowest BCUT2D eigenvalue weighted by molar-refractivity contribution is -0.439. The quantitative estimate of drug-likeness (QED) is 0.0260. The van der Waals surface area contributed by atoms with Gasteiger partial charge in [0.15, 0.2) is 30.4 Å². The van der Waals surface area contributed by atoms with Gasteiger partial charge >= 0.3 is 11.9 Å². The number of rotatable bonds is 17. The number of fused-ring (bicyclic) bond motifs is 1. The Morgan fingerprint density at radius 3 is 2.59 bits per heavy atom. The lowest BCUT2D eigenvalue weighted by Gasteiger charge is -2.49. The van der Waals surface area contributed by atoms with Gasteiger partial charge in [-0.15, -0.1) is 11.8 Å². The molecule has 1 unspecified atom stereocenters. The van der Waals surface area contributed by atoms with Crippen LogP contribution in [0, 0.1) is 0 Å². The molecule has 2 atom stereocenters. The van der Waals surface area contributed by atoms with Crippen LogP contribution in [0.15, 0.2) is 116 Å². The van der Waals surface area contributed by atoms with Crippen LogP contribution in [-0.2, 0) is 24.0 Å². The number of hydrogen-bond acceptors (Lipinski definition) is 15. The summed E-state index contributed by atoms with van der Waals surface area (Å²) in [6.45, 7) is 3.50. The number of carbonyl (C=O) groups is 5. The maximum Gasteiger partial charge on any atom is 0.352 e. The average Bonchev–Trinajstić information content (AvgIpc) is 3.42. The van der Waals surface area contributed by atoms with Gasteiger partial charge in [-0.25, -0.2) is 9.59 Å². The number of unbranched alkanes of at least 4 members (excludes halogenated alkanes) is 1. The van der Waals surface area contributed by atoms with Gasteiger partial charge in [0.05, 0.1) is 16.9 Å². The number of hydrogen-bond donors (Lipinski definition) is 9. The molecule has 1 aromatic rings. The van der Waals surface area contributed by atoms with E-state index in [2.05, 4.69) is 21.1 Å². The minimum absolute atomic E-state index is 0.197. The average molecular weight is 879 g/mol. The molecule has 61 heavy (non-hydrogen) atoms. The minimum atomic E-state index is -1.79. The highest BCUT2D eigenvalue weighted by Gasteiger charge is 2.54. The molecule has 1 saturated heterocycles. The highest BCUT2D eigenvalue weighted by Crippen LogP contribution is 2.40. The zero-order chi connectivity index (χ0) is 44.4. The predicted molar refractivity (Wildman–Crippen MR) is 226 cm³/mol. The Bertz CT molecular complexity index is 2370. The third kappa shape index (κ3) is 11.2. The summed E-state index contributed by atoms with van der Waals surface area (Å²) in [6, 6.07) is -0.291. The Kier molecular flexibility index (Phi) is 14.7. The molecule has 0 saturated carbocycles. The van der Waals surface area contributed by atoms with E-state index >= 15 is 0 Å². The molecule has 0 radical (unpaired) electrons. The summed E-state index contributed by atoms with van der Waals surface area (Å²) >= 11 is 2.35. The molecule has 1 aromatic heterocycles. The first kappa shape index (κ1) is 45.1. The van der Waals surface area contributed by atoms with Crippen LogP contribution in [-0.4, -0.2) is 119 Å². The number of nitrogens with two attached hydrogens (primary N) is 2. The van der Waals surface area contributed by atoms with Gasteiger partial charge in [-0.3, -0.25) is 24.1 Å². The van der Waals surface area contributed by atoms with Gasteiger partial charge in [-0.05, 0) is 55.9 Å². The Balaban J connectivity index is 1.20. The molecule has 0 bridgehead atoms. The normalized spacial score (nSPS) is 20.9. The molecule has 1 fully saturated rings. The summed E-state index contributed by atoms with van der Waals surface area (Å²) in [6.07, 6.45) is 18.7. The van der Waals surface area contributed by atoms with Crippen molar-refractivity contribution in [3.05, 3.63) is 122 Å². The van der Waals surface area contributed by atoms with Crippen LogP contribution < -0.4 is 32.8 Å². The molecule has 22 heteroatoms. The molecule has 5 heterocycles. The van der Waals surface area contributed by atoms with E-state index in [0.717, 1.165) is 28.9 Å². The highest BCUT2D eigenvalue weighted by molar-refractivity contribution is 8.05. The van der Waals surface area contributed by atoms with Gasteiger partial charge < -0.3 is 52.8 Å². The first-order valence-electron chi connectivity index (χ1n) is 18.5. The summed E-state index contributed by atoms with van der Waals surface area (Å²) in [5, 5.41) is 52.5. The van der Waals surface area contributed by atoms with Gasteiger partial charge in [-0.2, -0.15) is 9.31 Å². The largest absolute Gasteiger partial charge is 0.503 e. The Hall–Kier alpha value is -6.94. The van der Waals surface area contributed by atoms with Crippen LogP contribution >= 0.6 is 23.5 Å². The summed E-state index contributed by atoms with van der Waals surface area (Å²) < 4.78 is 2.18. The number of carbonyl (C=O) groups excluding carboxylic acids is 3. The number of aromatic hydroxyl groups is 1. The lowest BCUT2D eigenvalue weighted by Crippen LogP contribution is -2.71. The number of nitrogens with zero attached hydrogens (tertiary/aromatic N) is 4. The molecule has 5 rings (SSSR count). The van der Waals surface area contributed by atoms with E-state index < -0.39 is 57.9 Å². The fourth-order valence-corrected chi connectivity index (χ4v) is 7.64. The van der Waals surface area contributed by atoms with Crippen LogP contribution in [0.1, 0.15) is 37.2 Å². The van der Waals surface area contributed by atoms with Gasteiger partial charge in [0.2, 0.25) is 11.0 Å². The van der Waals surface area contributed by atoms with Gasteiger partial charge in [0.25, 0.3) is 17.7 Å². The summed E-state index contributed by atoms with van der Waals surface area (Å²) in [5.74, 6) is -5.35. The van der Waals surface area contributed by atoms with E-state index in [1.54, 1.807) is 54.9 Å². The molecule has 4 aliphatic heterocycles. The van der Waals surface area contributed by atoms with Crippen molar-refractivity contribution < 1.29 is 53.9 Å². The number of allylic oxidation sites excluding steroid dienone is 8. The smallest absolute Gasteiger partial charge is 0.352 e. The number of carboxylic acids is 2. The van der Waals surface area contributed by atoms with Crippen molar-refractivity contribution in [1.82, 2.24) is 25.6 Å². The number of aliphatic carboxylic acids is 2.